The molecule has 10 nitrogen and oxygen atoms in total. The Balaban J connectivity index is 1.75. The van der Waals surface area contributed by atoms with Gasteiger partial charge in [0.15, 0.2) is 5.82 Å². The number of morpholine rings is 1. The summed E-state index contributed by atoms with van der Waals surface area (Å²) in [6.45, 7) is 6.97. The van der Waals surface area contributed by atoms with Crippen LogP contribution in [0.4, 0.5) is 16.4 Å². The number of hydrogen-bond donors (Lipinski definition) is 1. The van der Waals surface area contributed by atoms with Gasteiger partial charge in [0.2, 0.25) is 0 Å². The molecule has 0 saturated carbocycles. The highest BCUT2D eigenvalue weighted by Crippen LogP contribution is 2.33. The quantitative estimate of drug-likeness (QED) is 0.831. The summed E-state index contributed by atoms with van der Waals surface area (Å²) >= 11 is 0. The highest BCUT2D eigenvalue weighted by molar-refractivity contribution is 5.70. The van der Waals surface area contributed by atoms with Crippen LogP contribution >= 0.6 is 0 Å². The second-order valence-electron chi connectivity index (χ2n) is 6.79. The predicted molar refractivity (Wildman–Crippen MR) is 101 cm³/mol. The zero-order valence-corrected chi connectivity index (χ0v) is 16.0. The number of aromatic nitrogens is 4. The number of hydrogen-bond acceptors (Lipinski definition) is 9. The van der Waals surface area contributed by atoms with Gasteiger partial charge in [-0.05, 0) is 13.8 Å². The Morgan fingerprint density at radius 2 is 2.18 bits per heavy atom. The van der Waals surface area contributed by atoms with Crippen molar-refractivity contribution in [2.24, 2.45) is 0 Å². The lowest BCUT2D eigenvalue weighted by molar-refractivity contribution is 0.0980. The number of carbonyl (C=O) groups is 1. The molecule has 0 aliphatic carbocycles. The lowest BCUT2D eigenvalue weighted by Gasteiger charge is -2.35. The SMILES string of the molecule is CCOC(=O)N1Cc2nc(-c3cnc(N)cn3)nc(N3CCOC[C@@H]3C)c2C1. The van der Waals surface area contributed by atoms with Gasteiger partial charge < -0.3 is 20.1 Å². The zero-order valence-electron chi connectivity index (χ0n) is 16.0. The number of nitrogens with zero attached hydrogens (tertiary/aromatic N) is 6. The molecule has 1 amide bonds. The van der Waals surface area contributed by atoms with E-state index in [4.69, 9.17) is 20.2 Å². The van der Waals surface area contributed by atoms with Gasteiger partial charge in [-0.2, -0.15) is 0 Å². The average Bonchev–Trinajstić information content (AvgIpc) is 3.13. The smallest absolute Gasteiger partial charge is 0.410 e. The molecule has 28 heavy (non-hydrogen) atoms. The van der Waals surface area contributed by atoms with Crippen LogP contribution in [0, 0.1) is 0 Å². The highest BCUT2D eigenvalue weighted by Gasteiger charge is 2.33. The molecule has 2 aliphatic rings. The number of carbonyl (C=O) groups excluding carboxylic acids is 1. The van der Waals surface area contributed by atoms with Crippen molar-refractivity contribution in [3.8, 4) is 11.5 Å². The third-order valence-corrected chi connectivity index (χ3v) is 4.83. The minimum atomic E-state index is -0.352. The molecule has 0 aromatic carbocycles. The van der Waals surface area contributed by atoms with Gasteiger partial charge in [-0.15, -0.1) is 0 Å². The molecule has 4 rings (SSSR count). The third kappa shape index (κ3) is 3.42. The van der Waals surface area contributed by atoms with Gasteiger partial charge in [0, 0.05) is 12.1 Å². The Hall–Kier alpha value is -3.01. The Morgan fingerprint density at radius 1 is 1.32 bits per heavy atom. The van der Waals surface area contributed by atoms with Crippen LogP contribution in [0.25, 0.3) is 11.5 Å². The molecule has 0 spiro atoms. The number of nitrogen functional groups attached to an aromatic ring is 1. The van der Waals surface area contributed by atoms with Crippen molar-refractivity contribution in [3.05, 3.63) is 23.7 Å². The summed E-state index contributed by atoms with van der Waals surface area (Å²) in [6.07, 6.45) is 2.69. The van der Waals surface area contributed by atoms with Gasteiger partial charge in [-0.1, -0.05) is 0 Å². The van der Waals surface area contributed by atoms with Crippen molar-refractivity contribution in [2.45, 2.75) is 33.0 Å². The minimum absolute atomic E-state index is 0.162. The van der Waals surface area contributed by atoms with Crippen LogP contribution in [-0.4, -0.2) is 63.3 Å². The summed E-state index contributed by atoms with van der Waals surface area (Å²) in [5.41, 5.74) is 7.92. The van der Waals surface area contributed by atoms with E-state index < -0.39 is 0 Å². The molecule has 4 heterocycles. The minimum Gasteiger partial charge on any atom is -0.450 e. The average molecular weight is 385 g/mol. The number of amides is 1. The van der Waals surface area contributed by atoms with E-state index in [0.717, 1.165) is 23.6 Å². The highest BCUT2D eigenvalue weighted by atomic mass is 16.6. The van der Waals surface area contributed by atoms with E-state index in [1.165, 1.54) is 6.20 Å². The van der Waals surface area contributed by atoms with Crippen LogP contribution in [0.1, 0.15) is 25.1 Å². The fourth-order valence-electron chi connectivity index (χ4n) is 3.43. The maximum Gasteiger partial charge on any atom is 0.410 e. The molecule has 0 radical (unpaired) electrons. The Kier molecular flexibility index (Phi) is 4.95. The topological polar surface area (TPSA) is 120 Å². The van der Waals surface area contributed by atoms with Crippen molar-refractivity contribution < 1.29 is 14.3 Å². The lowest BCUT2D eigenvalue weighted by Crippen LogP contribution is -2.44. The first kappa shape index (κ1) is 18.4. The summed E-state index contributed by atoms with van der Waals surface area (Å²) in [5.74, 6) is 1.60. The van der Waals surface area contributed by atoms with Crippen LogP contribution < -0.4 is 10.6 Å². The Morgan fingerprint density at radius 3 is 2.89 bits per heavy atom. The molecule has 1 fully saturated rings. The maximum absolute atomic E-state index is 12.2. The van der Waals surface area contributed by atoms with Gasteiger partial charge in [-0.3, -0.25) is 4.90 Å². The van der Waals surface area contributed by atoms with Gasteiger partial charge >= 0.3 is 6.09 Å². The first-order valence-electron chi connectivity index (χ1n) is 9.30. The summed E-state index contributed by atoms with van der Waals surface area (Å²) in [4.78, 5) is 33.9. The van der Waals surface area contributed by atoms with Crippen LogP contribution in [-0.2, 0) is 22.6 Å². The first-order valence-corrected chi connectivity index (χ1v) is 9.30. The summed E-state index contributed by atoms with van der Waals surface area (Å²) in [7, 11) is 0. The standard InChI is InChI=1S/C18H23N7O3/c1-3-28-18(26)24-8-12-14(9-24)22-16(13-6-21-15(19)7-20-13)23-17(12)25-4-5-27-10-11(25)2/h6-7,11H,3-5,8-10H2,1-2H3,(H2,19,21)/t11-/m0/s1. The number of fused-ring (bicyclic) bond motifs is 1. The van der Waals surface area contributed by atoms with Crippen LogP contribution in [0.15, 0.2) is 12.4 Å². The molecule has 2 aromatic rings. The second kappa shape index (κ2) is 7.55. The van der Waals surface area contributed by atoms with Gasteiger partial charge in [-0.25, -0.2) is 24.7 Å². The molecule has 1 saturated heterocycles. The van der Waals surface area contributed by atoms with E-state index in [-0.39, 0.29) is 12.1 Å². The number of nitrogens with two attached hydrogens (primary N) is 1. The van der Waals surface area contributed by atoms with Crippen molar-refractivity contribution in [3.63, 3.8) is 0 Å². The van der Waals surface area contributed by atoms with Crippen LogP contribution in [0.3, 0.4) is 0 Å². The van der Waals surface area contributed by atoms with Gasteiger partial charge in [0.25, 0.3) is 0 Å². The molecule has 148 valence electrons. The van der Waals surface area contributed by atoms with Crippen LogP contribution in [0.2, 0.25) is 0 Å². The van der Waals surface area contributed by atoms with Crippen molar-refractivity contribution >= 4 is 17.7 Å². The van der Waals surface area contributed by atoms with E-state index in [0.29, 0.717) is 50.2 Å². The first-order chi connectivity index (χ1) is 13.6. The van der Waals surface area contributed by atoms with Gasteiger partial charge in [0.05, 0.1) is 57.0 Å². The Labute approximate surface area is 162 Å². The van der Waals surface area contributed by atoms with Crippen molar-refractivity contribution in [2.75, 3.05) is 37.0 Å². The van der Waals surface area contributed by atoms with Gasteiger partial charge in [0.1, 0.15) is 17.3 Å². The molecule has 0 unspecified atom stereocenters. The summed E-state index contributed by atoms with van der Waals surface area (Å²) < 4.78 is 10.7. The molecule has 2 aromatic heterocycles. The van der Waals surface area contributed by atoms with E-state index in [1.54, 1.807) is 18.0 Å². The molecular weight excluding hydrogens is 362 g/mol. The molecule has 0 bridgehead atoms. The molecule has 1 atom stereocenters. The number of anilines is 2. The molecular formula is C18H23N7O3. The number of rotatable bonds is 3. The Bertz CT molecular complexity index is 874. The molecule has 2 aliphatic heterocycles. The normalized spacial score (nSPS) is 18.9. The zero-order chi connectivity index (χ0) is 19.7. The third-order valence-electron chi connectivity index (χ3n) is 4.83. The van der Waals surface area contributed by atoms with E-state index in [9.17, 15) is 4.79 Å². The van der Waals surface area contributed by atoms with E-state index in [1.807, 2.05) is 0 Å². The van der Waals surface area contributed by atoms with Crippen LogP contribution in [0.5, 0.6) is 0 Å². The maximum atomic E-state index is 12.2. The lowest BCUT2D eigenvalue weighted by atomic mass is 10.2. The fraction of sp³-hybridized carbons (Fsp3) is 0.500. The summed E-state index contributed by atoms with van der Waals surface area (Å²) in [6, 6.07) is 0.162. The fourth-order valence-corrected chi connectivity index (χ4v) is 3.43. The van der Waals surface area contributed by atoms with Crippen molar-refractivity contribution in [1.29, 1.82) is 0 Å². The molecule has 2 N–H and O–H groups in total. The summed E-state index contributed by atoms with van der Waals surface area (Å²) in [5, 5.41) is 0. The number of ether oxygens (including phenoxy) is 2. The van der Waals surface area contributed by atoms with E-state index in [2.05, 4.69) is 26.8 Å². The van der Waals surface area contributed by atoms with E-state index >= 15 is 0 Å². The molecule has 10 heteroatoms. The second-order valence-corrected chi connectivity index (χ2v) is 6.79. The largest absolute Gasteiger partial charge is 0.450 e. The monoisotopic (exact) mass is 385 g/mol. The predicted octanol–water partition coefficient (Wildman–Crippen LogP) is 1.21. The van der Waals surface area contributed by atoms with Crippen molar-refractivity contribution in [1.82, 2.24) is 24.8 Å².